The average molecular weight is 209 g/mol. The number of nitrogens with zero attached hydrogens (tertiary/aromatic N) is 1. The van der Waals surface area contributed by atoms with E-state index in [1.807, 2.05) is 0 Å². The molecule has 1 rings (SSSR count). The van der Waals surface area contributed by atoms with E-state index in [0.29, 0.717) is 0 Å². The minimum Gasteiger partial charge on any atom is -0.457 e. The molecule has 0 aliphatic heterocycles. The lowest BCUT2D eigenvalue weighted by atomic mass is 10.2. The fourth-order valence-corrected chi connectivity index (χ4v) is 1.01. The van der Waals surface area contributed by atoms with Gasteiger partial charge in [0.2, 0.25) is 0 Å². The summed E-state index contributed by atoms with van der Waals surface area (Å²) in [5.74, 6) is -0.660. The third-order valence-corrected chi connectivity index (χ3v) is 1.79. The summed E-state index contributed by atoms with van der Waals surface area (Å²) in [6, 6.07) is 6.08. The Kier molecular flexibility index (Phi) is 3.93. The first-order valence-electron chi connectivity index (χ1n) is 4.43. The highest BCUT2D eigenvalue weighted by atomic mass is 16.5. The lowest BCUT2D eigenvalue weighted by molar-refractivity contribution is 0.0198. The number of hydrogen-bond donors (Lipinski definition) is 1. The summed E-state index contributed by atoms with van der Waals surface area (Å²) < 4.78 is 4.84. The Hall–Kier alpha value is -1.75. The van der Waals surface area contributed by atoms with Gasteiger partial charge in [0.15, 0.2) is 0 Å². The quantitative estimate of drug-likeness (QED) is 0.603. The van der Waals surface area contributed by atoms with Gasteiger partial charge in [-0.1, -0.05) is 12.1 Å². The van der Waals surface area contributed by atoms with Crippen LogP contribution in [0.2, 0.25) is 0 Å². The predicted molar refractivity (Wildman–Crippen MR) is 53.9 cm³/mol. The van der Waals surface area contributed by atoms with Gasteiger partial charge in [0, 0.05) is 0 Å². The van der Waals surface area contributed by atoms with Gasteiger partial charge >= 0.3 is 5.97 Å². The standard InChI is InChI=1S/C10H11NO4/c1-7(6-12)15-10(13)8-4-2-3-5-9(8)11-14/h2-5,7,12H,6H2,1H3. The van der Waals surface area contributed by atoms with Crippen LogP contribution in [0.3, 0.4) is 0 Å². The number of benzene rings is 1. The zero-order valence-electron chi connectivity index (χ0n) is 8.21. The second-order valence-electron chi connectivity index (χ2n) is 3.01. The fraction of sp³-hybridized carbons (Fsp3) is 0.300. The molecule has 1 aromatic carbocycles. The topological polar surface area (TPSA) is 76.0 Å². The monoisotopic (exact) mass is 209 g/mol. The maximum atomic E-state index is 11.5. The van der Waals surface area contributed by atoms with E-state index in [4.69, 9.17) is 9.84 Å². The minimum absolute atomic E-state index is 0.0349. The SMILES string of the molecule is CC(CO)OC(=O)c1ccccc1N=O. The van der Waals surface area contributed by atoms with Crippen molar-refractivity contribution >= 4 is 11.7 Å². The number of aliphatic hydroxyl groups is 1. The highest BCUT2D eigenvalue weighted by Crippen LogP contribution is 2.19. The molecule has 0 fully saturated rings. The Morgan fingerprint density at radius 2 is 2.20 bits per heavy atom. The molecule has 0 amide bonds. The van der Waals surface area contributed by atoms with E-state index in [1.54, 1.807) is 19.1 Å². The van der Waals surface area contributed by atoms with E-state index >= 15 is 0 Å². The number of ether oxygens (including phenoxy) is 1. The first-order chi connectivity index (χ1) is 7.19. The van der Waals surface area contributed by atoms with Crippen LogP contribution >= 0.6 is 0 Å². The van der Waals surface area contributed by atoms with Crippen molar-refractivity contribution in [1.82, 2.24) is 0 Å². The largest absolute Gasteiger partial charge is 0.457 e. The highest BCUT2D eigenvalue weighted by Gasteiger charge is 2.15. The predicted octanol–water partition coefficient (Wildman–Crippen LogP) is 1.62. The number of hydrogen-bond acceptors (Lipinski definition) is 5. The fourth-order valence-electron chi connectivity index (χ4n) is 1.01. The van der Waals surface area contributed by atoms with Crippen molar-refractivity contribution < 1.29 is 14.6 Å². The van der Waals surface area contributed by atoms with Gasteiger partial charge in [0.1, 0.15) is 11.8 Å². The zero-order valence-corrected chi connectivity index (χ0v) is 8.21. The summed E-state index contributed by atoms with van der Waals surface area (Å²) in [5.41, 5.74) is 0.139. The third-order valence-electron chi connectivity index (χ3n) is 1.79. The van der Waals surface area contributed by atoms with Crippen molar-refractivity contribution in [2.24, 2.45) is 5.18 Å². The maximum Gasteiger partial charge on any atom is 0.340 e. The summed E-state index contributed by atoms with van der Waals surface area (Å²) in [5, 5.41) is 11.4. The molecule has 1 aromatic rings. The molecule has 0 aliphatic rings. The highest BCUT2D eigenvalue weighted by molar-refractivity contribution is 5.94. The minimum atomic E-state index is -0.660. The molecule has 5 heteroatoms. The van der Waals surface area contributed by atoms with E-state index in [2.05, 4.69) is 5.18 Å². The van der Waals surface area contributed by atoms with Crippen LogP contribution in [0.25, 0.3) is 0 Å². The normalized spacial score (nSPS) is 11.9. The van der Waals surface area contributed by atoms with Crippen molar-refractivity contribution in [2.45, 2.75) is 13.0 Å². The summed E-state index contributed by atoms with van der Waals surface area (Å²) in [6.07, 6.45) is -0.600. The Morgan fingerprint density at radius 3 is 2.80 bits per heavy atom. The molecule has 0 aromatic heterocycles. The molecular weight excluding hydrogens is 198 g/mol. The van der Waals surface area contributed by atoms with E-state index in [0.717, 1.165) is 0 Å². The first-order valence-corrected chi connectivity index (χ1v) is 4.43. The lowest BCUT2D eigenvalue weighted by Gasteiger charge is -2.10. The Labute approximate surface area is 86.7 Å². The molecule has 0 radical (unpaired) electrons. The van der Waals surface area contributed by atoms with Crippen LogP contribution in [0, 0.1) is 4.91 Å². The third kappa shape index (κ3) is 2.85. The Balaban J connectivity index is 2.86. The van der Waals surface area contributed by atoms with E-state index in [1.165, 1.54) is 12.1 Å². The summed E-state index contributed by atoms with van der Waals surface area (Å²) in [4.78, 5) is 21.8. The van der Waals surface area contributed by atoms with E-state index in [9.17, 15) is 9.70 Å². The molecule has 5 nitrogen and oxygen atoms in total. The van der Waals surface area contributed by atoms with Crippen molar-refractivity contribution in [1.29, 1.82) is 0 Å². The molecular formula is C10H11NO4. The van der Waals surface area contributed by atoms with Crippen LogP contribution in [0.15, 0.2) is 29.4 Å². The molecule has 80 valence electrons. The van der Waals surface area contributed by atoms with Crippen LogP contribution in [-0.2, 0) is 4.74 Å². The summed E-state index contributed by atoms with van der Waals surface area (Å²) >= 11 is 0. The first kappa shape index (κ1) is 11.3. The van der Waals surface area contributed by atoms with Gasteiger partial charge in [-0.2, -0.15) is 0 Å². The van der Waals surface area contributed by atoms with Crippen LogP contribution in [-0.4, -0.2) is 23.8 Å². The van der Waals surface area contributed by atoms with Crippen molar-refractivity contribution in [3.8, 4) is 0 Å². The average Bonchev–Trinajstić information content (AvgIpc) is 2.28. The van der Waals surface area contributed by atoms with Crippen LogP contribution in [0.5, 0.6) is 0 Å². The van der Waals surface area contributed by atoms with Gasteiger partial charge in [0.25, 0.3) is 0 Å². The van der Waals surface area contributed by atoms with Gasteiger partial charge < -0.3 is 9.84 Å². The van der Waals surface area contributed by atoms with Gasteiger partial charge in [-0.25, -0.2) is 4.79 Å². The second kappa shape index (κ2) is 5.21. The summed E-state index contributed by atoms with van der Waals surface area (Å²) in [6.45, 7) is 1.29. The van der Waals surface area contributed by atoms with Crippen LogP contribution in [0.1, 0.15) is 17.3 Å². The number of carbonyl (C=O) groups is 1. The molecule has 0 saturated heterocycles. The van der Waals surface area contributed by atoms with Crippen molar-refractivity contribution in [3.63, 3.8) is 0 Å². The van der Waals surface area contributed by atoms with Crippen molar-refractivity contribution in [3.05, 3.63) is 34.7 Å². The molecule has 0 spiro atoms. The second-order valence-corrected chi connectivity index (χ2v) is 3.01. The number of nitroso groups, excluding NO2 is 1. The molecule has 15 heavy (non-hydrogen) atoms. The Bertz CT molecular complexity index is 364. The summed E-state index contributed by atoms with van der Waals surface area (Å²) in [7, 11) is 0. The van der Waals surface area contributed by atoms with E-state index in [-0.39, 0.29) is 17.9 Å². The molecule has 1 N–H and O–H groups in total. The molecule has 1 atom stereocenters. The van der Waals surface area contributed by atoms with Gasteiger partial charge in [-0.15, -0.1) is 4.91 Å². The molecule has 0 aliphatic carbocycles. The number of rotatable bonds is 4. The lowest BCUT2D eigenvalue weighted by Crippen LogP contribution is -2.18. The number of carbonyl (C=O) groups excluding carboxylic acids is 1. The van der Waals surface area contributed by atoms with Gasteiger partial charge in [-0.3, -0.25) is 0 Å². The van der Waals surface area contributed by atoms with Crippen LogP contribution in [0.4, 0.5) is 5.69 Å². The molecule has 0 heterocycles. The smallest absolute Gasteiger partial charge is 0.340 e. The Morgan fingerprint density at radius 1 is 1.53 bits per heavy atom. The number of esters is 1. The van der Waals surface area contributed by atoms with Crippen LogP contribution < -0.4 is 0 Å². The molecule has 0 saturated carbocycles. The van der Waals surface area contributed by atoms with E-state index < -0.39 is 12.1 Å². The molecule has 0 bridgehead atoms. The number of aliphatic hydroxyl groups excluding tert-OH is 1. The van der Waals surface area contributed by atoms with Gasteiger partial charge in [0.05, 0.1) is 12.2 Å². The maximum absolute atomic E-state index is 11.5. The molecule has 1 unspecified atom stereocenters. The zero-order chi connectivity index (χ0) is 11.3. The van der Waals surface area contributed by atoms with Crippen molar-refractivity contribution in [2.75, 3.05) is 6.61 Å². The van der Waals surface area contributed by atoms with Gasteiger partial charge in [-0.05, 0) is 24.2 Å².